The fourth-order valence-electron chi connectivity index (χ4n) is 2.88. The van der Waals surface area contributed by atoms with Gasteiger partial charge in [-0.3, -0.25) is 9.59 Å². The number of carbonyl (C=O) groups is 1. The fraction of sp³-hybridized carbons (Fsp3) is 0.238. The van der Waals surface area contributed by atoms with Gasteiger partial charge in [0.15, 0.2) is 5.43 Å². The molecule has 0 fully saturated rings. The number of rotatable bonds is 6. The highest BCUT2D eigenvalue weighted by molar-refractivity contribution is 7.99. The van der Waals surface area contributed by atoms with Crippen LogP contribution >= 0.6 is 11.8 Å². The molecular formula is C21H22N2O3S. The third kappa shape index (κ3) is 4.34. The van der Waals surface area contributed by atoms with Crippen molar-refractivity contribution in [3.8, 4) is 5.75 Å². The van der Waals surface area contributed by atoms with Crippen LogP contribution in [0.2, 0.25) is 0 Å². The maximum atomic E-state index is 12.3. The summed E-state index contributed by atoms with van der Waals surface area (Å²) in [5.74, 6) is 1.35. The van der Waals surface area contributed by atoms with E-state index in [0.717, 1.165) is 22.3 Å². The van der Waals surface area contributed by atoms with Gasteiger partial charge in [-0.25, -0.2) is 0 Å². The molecule has 140 valence electrons. The van der Waals surface area contributed by atoms with E-state index in [9.17, 15) is 9.59 Å². The Balaban J connectivity index is 1.66. The Labute approximate surface area is 162 Å². The van der Waals surface area contributed by atoms with E-state index in [4.69, 9.17) is 4.74 Å². The van der Waals surface area contributed by atoms with Crippen molar-refractivity contribution in [1.82, 2.24) is 4.98 Å². The largest absolute Gasteiger partial charge is 0.495 e. The second-order valence-electron chi connectivity index (χ2n) is 6.33. The second kappa shape index (κ2) is 8.31. The van der Waals surface area contributed by atoms with Gasteiger partial charge in [0.05, 0.1) is 24.1 Å². The minimum absolute atomic E-state index is 0.000855. The van der Waals surface area contributed by atoms with E-state index in [1.807, 2.05) is 38.1 Å². The minimum atomic E-state index is -0.111. The number of benzene rings is 2. The molecule has 0 saturated carbocycles. The van der Waals surface area contributed by atoms with Gasteiger partial charge in [-0.2, -0.15) is 0 Å². The Bertz CT molecular complexity index is 1040. The summed E-state index contributed by atoms with van der Waals surface area (Å²) in [5, 5.41) is 3.54. The number of hydrogen-bond acceptors (Lipinski definition) is 4. The van der Waals surface area contributed by atoms with Crippen LogP contribution in [-0.2, 0) is 10.5 Å². The fourth-order valence-corrected chi connectivity index (χ4v) is 3.62. The molecule has 0 aliphatic carbocycles. The van der Waals surface area contributed by atoms with Gasteiger partial charge in [-0.1, -0.05) is 18.2 Å². The number of H-pyrrole nitrogens is 1. The number of fused-ring (bicyclic) bond motifs is 1. The lowest BCUT2D eigenvalue weighted by molar-refractivity contribution is -0.113. The second-order valence-corrected chi connectivity index (χ2v) is 7.32. The summed E-state index contributed by atoms with van der Waals surface area (Å²) < 4.78 is 5.23. The average Bonchev–Trinajstić information content (AvgIpc) is 2.65. The van der Waals surface area contributed by atoms with E-state index in [0.29, 0.717) is 22.6 Å². The van der Waals surface area contributed by atoms with Crippen LogP contribution in [0.1, 0.15) is 16.8 Å². The first-order chi connectivity index (χ1) is 13.0. The number of hydrogen-bond donors (Lipinski definition) is 2. The number of aromatic nitrogens is 1. The van der Waals surface area contributed by atoms with Crippen LogP contribution in [-0.4, -0.2) is 23.8 Å². The number of anilines is 1. The number of thioether (sulfide) groups is 1. The first kappa shape index (κ1) is 19.0. The van der Waals surface area contributed by atoms with Crippen molar-refractivity contribution in [2.45, 2.75) is 19.6 Å². The van der Waals surface area contributed by atoms with E-state index < -0.39 is 0 Å². The van der Waals surface area contributed by atoms with Gasteiger partial charge >= 0.3 is 0 Å². The average molecular weight is 382 g/mol. The number of aromatic amines is 1. The molecule has 0 unspecified atom stereocenters. The van der Waals surface area contributed by atoms with Gasteiger partial charge < -0.3 is 15.0 Å². The van der Waals surface area contributed by atoms with Crippen molar-refractivity contribution in [1.29, 1.82) is 0 Å². The molecule has 0 saturated heterocycles. The van der Waals surface area contributed by atoms with E-state index in [1.165, 1.54) is 11.8 Å². The molecule has 0 radical (unpaired) electrons. The van der Waals surface area contributed by atoms with Gasteiger partial charge in [-0.15, -0.1) is 11.8 Å². The highest BCUT2D eigenvalue weighted by Gasteiger charge is 2.09. The maximum absolute atomic E-state index is 12.3. The lowest BCUT2D eigenvalue weighted by Gasteiger charge is -2.10. The molecule has 0 aliphatic heterocycles. The van der Waals surface area contributed by atoms with E-state index >= 15 is 0 Å². The predicted octanol–water partition coefficient (Wildman–Crippen LogP) is 4.03. The van der Waals surface area contributed by atoms with Gasteiger partial charge in [0.2, 0.25) is 5.91 Å². The first-order valence-corrected chi connectivity index (χ1v) is 9.78. The SMILES string of the molecule is COc1ccccc1NC(=O)CSCc1cc(=O)c2ccc(C)c(C)c2[nH]1. The summed E-state index contributed by atoms with van der Waals surface area (Å²) in [6.45, 7) is 4.03. The van der Waals surface area contributed by atoms with Gasteiger partial charge in [0.1, 0.15) is 5.75 Å². The molecule has 0 bridgehead atoms. The quantitative estimate of drug-likeness (QED) is 0.675. The number of methoxy groups -OCH3 is 1. The van der Waals surface area contributed by atoms with Crippen molar-refractivity contribution < 1.29 is 9.53 Å². The standard InChI is InChI=1S/C21H22N2O3S/c1-13-8-9-16-18(24)10-15(22-21(16)14(13)2)11-27-12-20(25)23-17-6-4-5-7-19(17)26-3/h4-10H,11-12H2,1-3H3,(H,22,24)(H,23,25). The molecule has 0 atom stereocenters. The van der Waals surface area contributed by atoms with Gasteiger partial charge in [0.25, 0.3) is 0 Å². The highest BCUT2D eigenvalue weighted by Crippen LogP contribution is 2.23. The summed E-state index contributed by atoms with van der Waals surface area (Å²) in [6, 6.07) is 12.7. The Morgan fingerprint density at radius 2 is 1.96 bits per heavy atom. The summed E-state index contributed by atoms with van der Waals surface area (Å²) in [6.07, 6.45) is 0. The number of pyridine rings is 1. The van der Waals surface area contributed by atoms with E-state index in [2.05, 4.69) is 10.3 Å². The zero-order valence-corrected chi connectivity index (χ0v) is 16.4. The lowest BCUT2D eigenvalue weighted by Crippen LogP contribution is -2.15. The number of nitrogens with one attached hydrogen (secondary N) is 2. The monoisotopic (exact) mass is 382 g/mol. The molecule has 3 aromatic rings. The van der Waals surface area contributed by atoms with Crippen LogP contribution in [0.5, 0.6) is 5.75 Å². The van der Waals surface area contributed by atoms with Crippen molar-refractivity contribution in [3.05, 3.63) is 69.5 Å². The molecule has 2 aromatic carbocycles. The Kier molecular flexibility index (Phi) is 5.86. The molecule has 1 heterocycles. The topological polar surface area (TPSA) is 71.2 Å². The molecule has 2 N–H and O–H groups in total. The van der Waals surface area contributed by atoms with Gasteiger partial charge in [0, 0.05) is 22.9 Å². The van der Waals surface area contributed by atoms with Crippen LogP contribution in [0.25, 0.3) is 10.9 Å². The van der Waals surface area contributed by atoms with E-state index in [-0.39, 0.29) is 17.1 Å². The number of amides is 1. The summed E-state index contributed by atoms with van der Waals surface area (Å²) in [5.41, 5.74) is 4.55. The molecular weight excluding hydrogens is 360 g/mol. The Hall–Kier alpha value is -2.73. The Morgan fingerprint density at radius 3 is 2.74 bits per heavy atom. The van der Waals surface area contributed by atoms with E-state index in [1.54, 1.807) is 25.3 Å². The van der Waals surface area contributed by atoms with Crippen LogP contribution in [0.15, 0.2) is 47.3 Å². The smallest absolute Gasteiger partial charge is 0.234 e. The molecule has 6 heteroatoms. The number of aryl methyl sites for hydroxylation is 2. The van der Waals surface area contributed by atoms with Crippen LogP contribution < -0.4 is 15.5 Å². The minimum Gasteiger partial charge on any atom is -0.495 e. The normalized spacial score (nSPS) is 10.8. The third-order valence-electron chi connectivity index (χ3n) is 4.46. The molecule has 0 aliphatic rings. The van der Waals surface area contributed by atoms with Crippen molar-refractivity contribution >= 4 is 34.3 Å². The highest BCUT2D eigenvalue weighted by atomic mass is 32.2. The molecule has 1 aromatic heterocycles. The van der Waals surface area contributed by atoms with Crippen LogP contribution in [0, 0.1) is 13.8 Å². The molecule has 1 amide bonds. The van der Waals surface area contributed by atoms with Crippen molar-refractivity contribution in [2.75, 3.05) is 18.2 Å². The summed E-state index contributed by atoms with van der Waals surface area (Å²) in [4.78, 5) is 27.9. The summed E-state index contributed by atoms with van der Waals surface area (Å²) in [7, 11) is 1.57. The van der Waals surface area contributed by atoms with Crippen molar-refractivity contribution in [3.63, 3.8) is 0 Å². The summed E-state index contributed by atoms with van der Waals surface area (Å²) >= 11 is 1.45. The molecule has 0 spiro atoms. The van der Waals surface area contributed by atoms with Gasteiger partial charge in [-0.05, 0) is 43.2 Å². The lowest BCUT2D eigenvalue weighted by atomic mass is 10.0. The Morgan fingerprint density at radius 1 is 1.19 bits per heavy atom. The maximum Gasteiger partial charge on any atom is 0.234 e. The van der Waals surface area contributed by atoms with Crippen LogP contribution in [0.4, 0.5) is 5.69 Å². The molecule has 5 nitrogen and oxygen atoms in total. The zero-order chi connectivity index (χ0) is 19.4. The number of ether oxygens (including phenoxy) is 1. The first-order valence-electron chi connectivity index (χ1n) is 8.62. The predicted molar refractivity (Wildman–Crippen MR) is 112 cm³/mol. The zero-order valence-electron chi connectivity index (χ0n) is 15.6. The molecule has 27 heavy (non-hydrogen) atoms. The molecule has 3 rings (SSSR count). The number of carbonyl (C=O) groups excluding carboxylic acids is 1. The van der Waals surface area contributed by atoms with Crippen LogP contribution in [0.3, 0.4) is 0 Å². The van der Waals surface area contributed by atoms with Crippen molar-refractivity contribution in [2.24, 2.45) is 0 Å². The third-order valence-corrected chi connectivity index (χ3v) is 5.45. The number of para-hydroxylation sites is 2.